The largest absolute Gasteiger partial charge is 0.255 e. The monoisotopic (exact) mass is 686 g/mol. The minimum atomic E-state index is -0.346. The number of aliphatic hydroxyl groups is 1. The summed E-state index contributed by atoms with van der Waals surface area (Å²) in [6.45, 7) is 1.93. The van der Waals surface area contributed by atoms with Crippen molar-refractivity contribution >= 4 is 19.4 Å². The molecule has 6 aromatic heterocycles. The number of nitrogens with zero attached hydrogens (tertiary/aromatic N) is 6. The van der Waals surface area contributed by atoms with Crippen molar-refractivity contribution in [3.05, 3.63) is 146 Å². The van der Waals surface area contributed by atoms with E-state index in [1.165, 1.54) is 0 Å². The third-order valence-electron chi connectivity index (χ3n) is 4.78. The first-order valence-electron chi connectivity index (χ1n) is 12.7. The Morgan fingerprint density at radius 3 is 0.667 bits per heavy atom. The molecule has 6 heterocycles. The third kappa shape index (κ3) is 14.1. The van der Waals surface area contributed by atoms with Gasteiger partial charge in [-0.1, -0.05) is 36.4 Å². The zero-order valence-electron chi connectivity index (χ0n) is 22.8. The van der Waals surface area contributed by atoms with E-state index in [9.17, 15) is 0 Å². The molecule has 0 saturated carbocycles. The van der Waals surface area contributed by atoms with Crippen LogP contribution in [0.2, 0.25) is 0 Å². The fraction of sp³-hybridized carbons (Fsp3) is 0.0625. The predicted octanol–water partition coefficient (Wildman–Crippen LogP) is 7.81. The molecule has 216 valence electrons. The van der Waals surface area contributed by atoms with Crippen LogP contribution >= 0.6 is 19.4 Å². The maximum Gasteiger partial charge on any atom is 0.0886 e. The van der Waals surface area contributed by atoms with Gasteiger partial charge >= 0.3 is 34.5 Å². The van der Waals surface area contributed by atoms with Gasteiger partial charge in [0.05, 0.1) is 34.2 Å². The zero-order chi connectivity index (χ0) is 30.1. The molecule has 0 aliphatic heterocycles. The first kappa shape index (κ1) is 34.3. The summed E-state index contributed by atoms with van der Waals surface area (Å²) >= 11 is -0.346. The molecule has 10 heteroatoms. The average Bonchev–Trinajstić information content (AvgIpc) is 3.09. The summed E-state index contributed by atoms with van der Waals surface area (Å²) < 4.78 is 0. The molecule has 0 amide bonds. The Hall–Kier alpha value is -3.94. The van der Waals surface area contributed by atoms with Crippen LogP contribution in [-0.4, -0.2) is 41.6 Å². The molecule has 42 heavy (non-hydrogen) atoms. The number of hydrogen-bond acceptors (Lipinski definition) is 7. The van der Waals surface area contributed by atoms with E-state index in [2.05, 4.69) is 29.9 Å². The molecule has 0 aromatic carbocycles. The second-order valence-electron chi connectivity index (χ2n) is 7.66. The minimum absolute atomic E-state index is 0.250. The number of rotatable bonds is 3. The SMILES string of the molecule is CCO.[Cl][Ru][Cl].c1ccc(-c2ccccn2)nc1.c1ccc(-c2ccccn2)nc1.c1ccc(-c2ccccn2)nc1. The Kier molecular flexibility index (Phi) is 18.5. The Morgan fingerprint density at radius 1 is 0.429 bits per heavy atom. The topological polar surface area (TPSA) is 97.6 Å². The van der Waals surface area contributed by atoms with Gasteiger partial charge in [-0.25, -0.2) is 0 Å². The maximum absolute atomic E-state index is 7.57. The molecule has 6 rings (SSSR count). The van der Waals surface area contributed by atoms with Crippen LogP contribution in [0, 0.1) is 0 Å². The van der Waals surface area contributed by atoms with Crippen LogP contribution in [0.25, 0.3) is 34.2 Å². The number of pyridine rings is 6. The van der Waals surface area contributed by atoms with E-state index in [1.807, 2.05) is 109 Å². The Bertz CT molecular complexity index is 1150. The molecule has 0 saturated heterocycles. The van der Waals surface area contributed by atoms with E-state index < -0.39 is 0 Å². The van der Waals surface area contributed by atoms with E-state index in [0.717, 1.165) is 34.2 Å². The first-order valence-corrected chi connectivity index (χ1v) is 17.1. The van der Waals surface area contributed by atoms with Gasteiger partial charge in [0, 0.05) is 43.8 Å². The summed E-state index contributed by atoms with van der Waals surface area (Å²) in [5.74, 6) is 0. The fourth-order valence-electron chi connectivity index (χ4n) is 3.09. The standard InChI is InChI=1S/3C10H8N2.C2H6O.2ClH.Ru/c3*1-3-7-11-9(5-1)10-6-2-4-8-12-10;1-2-3;;;/h3*1-8H;3H,2H2,1H3;2*1H;/q;;;;;;+2/p-2. The molecule has 0 unspecified atom stereocenters. The smallest absolute Gasteiger partial charge is 0.0886 e. The summed E-state index contributed by atoms with van der Waals surface area (Å²) in [6, 6.07) is 34.8. The Balaban J connectivity index is 0.000000201. The summed E-state index contributed by atoms with van der Waals surface area (Å²) in [6.07, 6.45) is 10.6. The number of halogens is 2. The van der Waals surface area contributed by atoms with Crippen molar-refractivity contribution < 1.29 is 20.3 Å². The van der Waals surface area contributed by atoms with Crippen molar-refractivity contribution in [1.29, 1.82) is 0 Å². The van der Waals surface area contributed by atoms with Crippen molar-refractivity contribution in [1.82, 2.24) is 29.9 Å². The molecule has 0 fully saturated rings. The van der Waals surface area contributed by atoms with E-state index in [0.29, 0.717) is 0 Å². The molecule has 0 aliphatic carbocycles. The third-order valence-corrected chi connectivity index (χ3v) is 4.78. The van der Waals surface area contributed by atoms with Crippen LogP contribution in [0.3, 0.4) is 0 Å². The Morgan fingerprint density at radius 2 is 0.571 bits per heavy atom. The second-order valence-corrected chi connectivity index (χ2v) is 10.3. The number of hydrogen-bond donors (Lipinski definition) is 1. The van der Waals surface area contributed by atoms with Gasteiger partial charge in [-0.3, -0.25) is 29.9 Å². The first-order chi connectivity index (χ1) is 20.7. The van der Waals surface area contributed by atoms with Gasteiger partial charge < -0.3 is 5.11 Å². The van der Waals surface area contributed by atoms with E-state index in [4.69, 9.17) is 24.5 Å². The van der Waals surface area contributed by atoms with Crippen LogP contribution in [0.1, 0.15) is 6.92 Å². The number of aromatic nitrogens is 6. The van der Waals surface area contributed by atoms with Crippen LogP contribution in [0.5, 0.6) is 0 Å². The zero-order valence-corrected chi connectivity index (χ0v) is 26.1. The summed E-state index contributed by atoms with van der Waals surface area (Å²) in [5.41, 5.74) is 5.49. The fourth-order valence-corrected chi connectivity index (χ4v) is 3.09. The Labute approximate surface area is 262 Å². The van der Waals surface area contributed by atoms with Crippen LogP contribution in [0.4, 0.5) is 0 Å². The molecule has 0 spiro atoms. The van der Waals surface area contributed by atoms with Crippen LogP contribution in [0.15, 0.2) is 146 Å². The van der Waals surface area contributed by atoms with Gasteiger partial charge in [0.25, 0.3) is 0 Å². The van der Waals surface area contributed by atoms with E-state index in [1.54, 1.807) is 44.1 Å². The molecule has 0 atom stereocenters. The van der Waals surface area contributed by atoms with Gasteiger partial charge in [0.2, 0.25) is 0 Å². The van der Waals surface area contributed by atoms with Gasteiger partial charge in [-0.05, 0) is 79.7 Å². The molecular weight excluding hydrogens is 656 g/mol. The van der Waals surface area contributed by atoms with Crippen LogP contribution in [-0.2, 0) is 15.1 Å². The van der Waals surface area contributed by atoms with Crippen molar-refractivity contribution in [3.63, 3.8) is 0 Å². The van der Waals surface area contributed by atoms with Crippen molar-refractivity contribution in [2.45, 2.75) is 6.92 Å². The summed E-state index contributed by atoms with van der Waals surface area (Å²) in [4.78, 5) is 25.1. The molecule has 7 nitrogen and oxygen atoms in total. The summed E-state index contributed by atoms with van der Waals surface area (Å²) in [5, 5.41) is 7.57. The molecule has 1 N–H and O–H groups in total. The van der Waals surface area contributed by atoms with Gasteiger partial charge in [0.15, 0.2) is 0 Å². The molecule has 6 aromatic rings. The van der Waals surface area contributed by atoms with Crippen molar-refractivity contribution in [2.75, 3.05) is 6.61 Å². The van der Waals surface area contributed by atoms with Gasteiger partial charge in [-0.2, -0.15) is 0 Å². The average molecular weight is 687 g/mol. The maximum atomic E-state index is 7.57. The molecule has 0 radical (unpaired) electrons. The normalized spacial score (nSPS) is 9.24. The number of aliphatic hydroxyl groups excluding tert-OH is 1. The second kappa shape index (κ2) is 22.7. The van der Waals surface area contributed by atoms with Crippen LogP contribution < -0.4 is 0 Å². The van der Waals surface area contributed by atoms with Gasteiger partial charge in [0.1, 0.15) is 0 Å². The molecule has 0 bridgehead atoms. The molecular formula is C32H30Cl2N6ORu. The van der Waals surface area contributed by atoms with Crippen molar-refractivity contribution in [2.24, 2.45) is 0 Å². The minimum Gasteiger partial charge on any atom is -0.255 e. The van der Waals surface area contributed by atoms with Gasteiger partial charge in [-0.15, -0.1) is 0 Å². The summed E-state index contributed by atoms with van der Waals surface area (Å²) in [7, 11) is 9.71. The molecule has 0 aliphatic rings. The van der Waals surface area contributed by atoms with E-state index >= 15 is 0 Å². The predicted molar refractivity (Wildman–Crippen MR) is 167 cm³/mol. The van der Waals surface area contributed by atoms with E-state index in [-0.39, 0.29) is 21.8 Å². The quantitative estimate of drug-likeness (QED) is 0.190. The van der Waals surface area contributed by atoms with Crippen molar-refractivity contribution in [3.8, 4) is 34.2 Å².